The standard InChI is InChI=1S/C26H23ClN8O3/c27-19-3-7-20(8-4-19)34-23-22(15-31-34)25(37)33(17-28-23)16-26(38)9-13-32(14-10-26)24(36)18-1-5-21(6-2-18)35-29-11-12-30-35/h1-8,11-12,15,17,38H,9-10,13-14,16H2. The van der Waals surface area contributed by atoms with Crippen LogP contribution in [-0.2, 0) is 6.54 Å². The maximum atomic E-state index is 13.2. The number of likely N-dealkylation sites (tertiary alicyclic amines) is 1. The first kappa shape index (κ1) is 24.0. The molecule has 4 heterocycles. The third-order valence-electron chi connectivity index (χ3n) is 6.84. The fraction of sp³-hybridized carbons (Fsp3) is 0.231. The highest BCUT2D eigenvalue weighted by atomic mass is 35.5. The Morgan fingerprint density at radius 3 is 2.29 bits per heavy atom. The van der Waals surface area contributed by atoms with Gasteiger partial charge < -0.3 is 10.0 Å². The molecule has 192 valence electrons. The average Bonchev–Trinajstić information content (AvgIpc) is 3.62. The van der Waals surface area contributed by atoms with Crippen molar-refractivity contribution in [2.75, 3.05) is 13.1 Å². The van der Waals surface area contributed by atoms with Crippen LogP contribution in [0, 0.1) is 0 Å². The van der Waals surface area contributed by atoms with Crippen LogP contribution in [0.2, 0.25) is 5.02 Å². The van der Waals surface area contributed by atoms with Gasteiger partial charge >= 0.3 is 0 Å². The van der Waals surface area contributed by atoms with Gasteiger partial charge in [0, 0.05) is 23.7 Å². The van der Waals surface area contributed by atoms with Crippen LogP contribution in [0.15, 0.2) is 78.2 Å². The molecule has 6 rings (SSSR count). The molecule has 11 nitrogen and oxygen atoms in total. The molecule has 12 heteroatoms. The summed E-state index contributed by atoms with van der Waals surface area (Å²) in [4.78, 5) is 33.9. The van der Waals surface area contributed by atoms with E-state index in [0.717, 1.165) is 11.4 Å². The van der Waals surface area contributed by atoms with Gasteiger partial charge in [0.05, 0.1) is 42.1 Å². The lowest BCUT2D eigenvalue weighted by molar-refractivity contribution is -0.0299. The van der Waals surface area contributed by atoms with Gasteiger partial charge in [-0.05, 0) is 61.4 Å². The van der Waals surface area contributed by atoms with E-state index in [1.54, 1.807) is 70.5 Å². The first-order valence-corrected chi connectivity index (χ1v) is 12.5. The van der Waals surface area contributed by atoms with Gasteiger partial charge in [-0.15, -0.1) is 0 Å². The summed E-state index contributed by atoms with van der Waals surface area (Å²) in [6, 6.07) is 14.1. The second-order valence-corrected chi connectivity index (χ2v) is 9.77. The summed E-state index contributed by atoms with van der Waals surface area (Å²) in [7, 11) is 0. The van der Waals surface area contributed by atoms with Gasteiger partial charge in [-0.25, -0.2) is 9.67 Å². The van der Waals surface area contributed by atoms with Crippen LogP contribution in [0.4, 0.5) is 0 Å². The zero-order chi connectivity index (χ0) is 26.3. The Kier molecular flexibility index (Phi) is 6.01. The van der Waals surface area contributed by atoms with Crippen molar-refractivity contribution in [3.05, 3.63) is 94.4 Å². The summed E-state index contributed by atoms with van der Waals surface area (Å²) in [6.45, 7) is 0.821. The van der Waals surface area contributed by atoms with Gasteiger partial charge in [0.15, 0.2) is 5.65 Å². The number of rotatable bonds is 5. The molecule has 1 fully saturated rings. The van der Waals surface area contributed by atoms with E-state index in [4.69, 9.17) is 11.6 Å². The second kappa shape index (κ2) is 9.51. The quantitative estimate of drug-likeness (QED) is 0.370. The predicted molar refractivity (Wildman–Crippen MR) is 140 cm³/mol. The molecule has 1 amide bonds. The molecule has 0 aliphatic carbocycles. The van der Waals surface area contributed by atoms with E-state index in [2.05, 4.69) is 20.3 Å². The number of nitrogens with zero attached hydrogens (tertiary/aromatic N) is 8. The molecule has 0 atom stereocenters. The number of fused-ring (bicyclic) bond motifs is 1. The Hall–Kier alpha value is -4.35. The van der Waals surface area contributed by atoms with Crippen molar-refractivity contribution in [3.63, 3.8) is 0 Å². The van der Waals surface area contributed by atoms with Gasteiger partial charge in [0.2, 0.25) is 0 Å². The topological polar surface area (TPSA) is 124 Å². The fourth-order valence-corrected chi connectivity index (χ4v) is 4.83. The Bertz CT molecular complexity index is 1650. The maximum absolute atomic E-state index is 13.2. The number of carbonyl (C=O) groups excluding carboxylic acids is 1. The first-order valence-electron chi connectivity index (χ1n) is 12.1. The van der Waals surface area contributed by atoms with E-state index in [9.17, 15) is 14.7 Å². The molecule has 38 heavy (non-hydrogen) atoms. The number of hydrogen-bond acceptors (Lipinski definition) is 7. The van der Waals surface area contributed by atoms with Crippen molar-refractivity contribution in [1.82, 2.24) is 39.2 Å². The van der Waals surface area contributed by atoms with Crippen LogP contribution in [0.1, 0.15) is 23.2 Å². The highest BCUT2D eigenvalue weighted by Gasteiger charge is 2.35. The van der Waals surface area contributed by atoms with E-state index >= 15 is 0 Å². The minimum Gasteiger partial charge on any atom is -0.388 e. The maximum Gasteiger partial charge on any atom is 0.264 e. The molecule has 0 radical (unpaired) electrons. The summed E-state index contributed by atoms with van der Waals surface area (Å²) in [5, 5.41) is 24.7. The molecule has 0 spiro atoms. The number of aliphatic hydroxyl groups is 1. The largest absolute Gasteiger partial charge is 0.388 e. The molecular formula is C26H23ClN8O3. The zero-order valence-electron chi connectivity index (χ0n) is 20.2. The minimum absolute atomic E-state index is 0.0779. The molecule has 2 aromatic carbocycles. The molecule has 0 unspecified atom stereocenters. The van der Waals surface area contributed by atoms with Crippen molar-refractivity contribution in [3.8, 4) is 11.4 Å². The first-order chi connectivity index (χ1) is 18.4. The van der Waals surface area contributed by atoms with Crippen LogP contribution >= 0.6 is 11.6 Å². The van der Waals surface area contributed by atoms with Crippen molar-refractivity contribution in [1.29, 1.82) is 0 Å². The summed E-state index contributed by atoms with van der Waals surface area (Å²) in [5.41, 5.74) is 1.04. The molecule has 0 saturated carbocycles. The van der Waals surface area contributed by atoms with Crippen molar-refractivity contribution in [2.24, 2.45) is 0 Å². The minimum atomic E-state index is -1.14. The van der Waals surface area contributed by atoms with E-state index < -0.39 is 5.60 Å². The predicted octanol–water partition coefficient (Wildman–Crippen LogP) is 2.48. The van der Waals surface area contributed by atoms with Gasteiger partial charge in [-0.2, -0.15) is 20.1 Å². The molecule has 5 aromatic rings. The van der Waals surface area contributed by atoms with E-state index in [0.29, 0.717) is 47.6 Å². The third kappa shape index (κ3) is 4.46. The average molecular weight is 531 g/mol. The van der Waals surface area contributed by atoms with E-state index in [1.165, 1.54) is 21.9 Å². The van der Waals surface area contributed by atoms with E-state index in [-0.39, 0.29) is 18.0 Å². The highest BCUT2D eigenvalue weighted by molar-refractivity contribution is 6.30. The summed E-state index contributed by atoms with van der Waals surface area (Å²) < 4.78 is 2.99. The molecule has 1 N–H and O–H groups in total. The number of amides is 1. The SMILES string of the molecule is O=C(c1ccc(-n2nccn2)cc1)N1CCC(O)(Cn2cnc3c(cnn3-c3ccc(Cl)cc3)c2=O)CC1. The number of piperidine rings is 1. The molecule has 3 aromatic heterocycles. The lowest BCUT2D eigenvalue weighted by Gasteiger charge is -2.38. The fourth-order valence-electron chi connectivity index (χ4n) is 4.70. The number of halogens is 1. The highest BCUT2D eigenvalue weighted by Crippen LogP contribution is 2.25. The van der Waals surface area contributed by atoms with Crippen molar-refractivity contribution >= 4 is 28.5 Å². The smallest absolute Gasteiger partial charge is 0.264 e. The lowest BCUT2D eigenvalue weighted by atomic mass is 9.91. The Morgan fingerprint density at radius 1 is 0.947 bits per heavy atom. The van der Waals surface area contributed by atoms with Crippen LogP contribution in [0.5, 0.6) is 0 Å². The Balaban J connectivity index is 1.14. The van der Waals surface area contributed by atoms with Crippen molar-refractivity contribution in [2.45, 2.75) is 25.0 Å². The molecule has 1 aliphatic rings. The number of aromatic nitrogens is 7. The molecular weight excluding hydrogens is 508 g/mol. The van der Waals surface area contributed by atoms with Gasteiger partial charge in [-0.3, -0.25) is 14.2 Å². The second-order valence-electron chi connectivity index (χ2n) is 9.33. The monoisotopic (exact) mass is 530 g/mol. The lowest BCUT2D eigenvalue weighted by Crippen LogP contribution is -2.49. The van der Waals surface area contributed by atoms with Crippen LogP contribution in [0.3, 0.4) is 0 Å². The number of benzene rings is 2. The van der Waals surface area contributed by atoms with Gasteiger partial charge in [-0.1, -0.05) is 11.6 Å². The normalized spacial score (nSPS) is 15.2. The molecule has 0 bridgehead atoms. The zero-order valence-corrected chi connectivity index (χ0v) is 20.9. The van der Waals surface area contributed by atoms with Gasteiger partial charge in [0.25, 0.3) is 11.5 Å². The number of hydrogen-bond donors (Lipinski definition) is 1. The number of carbonyl (C=O) groups is 1. The van der Waals surface area contributed by atoms with Crippen LogP contribution in [0.25, 0.3) is 22.4 Å². The van der Waals surface area contributed by atoms with Crippen LogP contribution in [-0.4, -0.2) is 68.9 Å². The Morgan fingerprint density at radius 2 is 1.61 bits per heavy atom. The van der Waals surface area contributed by atoms with Crippen molar-refractivity contribution < 1.29 is 9.90 Å². The van der Waals surface area contributed by atoms with E-state index in [1.807, 2.05) is 0 Å². The summed E-state index contributed by atoms with van der Waals surface area (Å²) in [5.74, 6) is -0.109. The van der Waals surface area contributed by atoms with Crippen LogP contribution < -0.4 is 5.56 Å². The summed E-state index contributed by atoms with van der Waals surface area (Å²) in [6.07, 6.45) is 6.76. The Labute approximate surface area is 221 Å². The molecule has 1 saturated heterocycles. The third-order valence-corrected chi connectivity index (χ3v) is 7.09. The van der Waals surface area contributed by atoms with Gasteiger partial charge in [0.1, 0.15) is 11.7 Å². The molecule has 1 aliphatic heterocycles. The summed E-state index contributed by atoms with van der Waals surface area (Å²) >= 11 is 5.97.